The van der Waals surface area contributed by atoms with Crippen LogP contribution in [0.2, 0.25) is 0 Å². The molecule has 0 spiro atoms. The standard InChI is InChI=1S/C23H30N4O3/c1-16(25-22(29)17-5-7-18(8-6-17)23(2,3)4)21(28)26-19-9-10-20(24-15-19)27-11-13-30-14-12-27/h5-10,15-16H,11-14H2,1-4H3,(H,25,29)(H,26,28). The number of pyridine rings is 1. The van der Waals surface area contributed by atoms with Crippen LogP contribution in [0.25, 0.3) is 0 Å². The number of benzene rings is 1. The van der Waals surface area contributed by atoms with Crippen molar-refractivity contribution >= 4 is 23.3 Å². The second-order valence-electron chi connectivity index (χ2n) is 8.52. The molecule has 7 heteroatoms. The molecule has 2 amide bonds. The van der Waals surface area contributed by atoms with Crippen LogP contribution in [0.4, 0.5) is 11.5 Å². The van der Waals surface area contributed by atoms with Crippen molar-refractivity contribution in [3.63, 3.8) is 0 Å². The number of nitrogens with one attached hydrogen (secondary N) is 2. The summed E-state index contributed by atoms with van der Waals surface area (Å²) in [5, 5.41) is 5.54. The third-order valence-corrected chi connectivity index (χ3v) is 5.10. The Hall–Kier alpha value is -2.93. The Kier molecular flexibility index (Phi) is 6.72. The molecule has 1 atom stereocenters. The first-order valence-corrected chi connectivity index (χ1v) is 10.2. The summed E-state index contributed by atoms with van der Waals surface area (Å²) < 4.78 is 5.35. The van der Waals surface area contributed by atoms with Crippen molar-refractivity contribution in [3.05, 3.63) is 53.7 Å². The molecule has 3 rings (SSSR count). The van der Waals surface area contributed by atoms with Gasteiger partial charge < -0.3 is 20.3 Å². The Morgan fingerprint density at radius 3 is 2.30 bits per heavy atom. The average Bonchev–Trinajstić information content (AvgIpc) is 2.74. The second-order valence-corrected chi connectivity index (χ2v) is 8.52. The van der Waals surface area contributed by atoms with E-state index < -0.39 is 6.04 Å². The van der Waals surface area contributed by atoms with Crippen molar-refractivity contribution in [2.24, 2.45) is 0 Å². The van der Waals surface area contributed by atoms with Crippen LogP contribution < -0.4 is 15.5 Å². The van der Waals surface area contributed by atoms with Crippen LogP contribution in [0.1, 0.15) is 43.6 Å². The van der Waals surface area contributed by atoms with Gasteiger partial charge in [-0.15, -0.1) is 0 Å². The maximum Gasteiger partial charge on any atom is 0.251 e. The number of amides is 2. The first-order valence-electron chi connectivity index (χ1n) is 10.2. The highest BCUT2D eigenvalue weighted by Gasteiger charge is 2.19. The van der Waals surface area contributed by atoms with Gasteiger partial charge >= 0.3 is 0 Å². The van der Waals surface area contributed by atoms with Crippen LogP contribution in [-0.4, -0.2) is 49.1 Å². The van der Waals surface area contributed by atoms with Crippen LogP contribution in [0.3, 0.4) is 0 Å². The fourth-order valence-corrected chi connectivity index (χ4v) is 3.16. The number of nitrogens with zero attached hydrogens (tertiary/aromatic N) is 2. The van der Waals surface area contributed by atoms with E-state index in [-0.39, 0.29) is 17.2 Å². The fourth-order valence-electron chi connectivity index (χ4n) is 3.16. The van der Waals surface area contributed by atoms with E-state index in [9.17, 15) is 9.59 Å². The fraction of sp³-hybridized carbons (Fsp3) is 0.435. The Labute approximate surface area is 177 Å². The summed E-state index contributed by atoms with van der Waals surface area (Å²) in [5.41, 5.74) is 2.29. The normalized spacial score (nSPS) is 15.4. The molecule has 0 aliphatic carbocycles. The number of carbonyl (C=O) groups excluding carboxylic acids is 2. The maximum atomic E-state index is 12.5. The Balaban J connectivity index is 1.54. The highest BCUT2D eigenvalue weighted by Crippen LogP contribution is 2.22. The van der Waals surface area contributed by atoms with Gasteiger partial charge in [0, 0.05) is 18.7 Å². The first-order chi connectivity index (χ1) is 14.2. The molecule has 7 nitrogen and oxygen atoms in total. The second kappa shape index (κ2) is 9.26. The molecule has 30 heavy (non-hydrogen) atoms. The number of ether oxygens (including phenoxy) is 1. The van der Waals surface area contributed by atoms with E-state index in [1.54, 1.807) is 25.3 Å². The van der Waals surface area contributed by atoms with Gasteiger partial charge in [0.05, 0.1) is 25.1 Å². The van der Waals surface area contributed by atoms with Crippen molar-refractivity contribution in [1.29, 1.82) is 0 Å². The number of carbonyl (C=O) groups is 2. The number of morpholine rings is 1. The van der Waals surface area contributed by atoms with Gasteiger partial charge in [-0.05, 0) is 42.2 Å². The first kappa shape index (κ1) is 21.8. The topological polar surface area (TPSA) is 83.6 Å². The molecule has 0 saturated carbocycles. The van der Waals surface area contributed by atoms with Crippen molar-refractivity contribution in [2.75, 3.05) is 36.5 Å². The van der Waals surface area contributed by atoms with Crippen molar-refractivity contribution in [2.45, 2.75) is 39.2 Å². The molecular weight excluding hydrogens is 380 g/mol. The van der Waals surface area contributed by atoms with E-state index in [4.69, 9.17) is 4.74 Å². The molecule has 1 unspecified atom stereocenters. The average molecular weight is 411 g/mol. The molecule has 2 N–H and O–H groups in total. The van der Waals surface area contributed by atoms with Gasteiger partial charge in [-0.2, -0.15) is 0 Å². The molecular formula is C23H30N4O3. The zero-order chi connectivity index (χ0) is 21.7. The minimum Gasteiger partial charge on any atom is -0.378 e. The summed E-state index contributed by atoms with van der Waals surface area (Å²) in [6.07, 6.45) is 1.63. The third kappa shape index (κ3) is 5.57. The van der Waals surface area contributed by atoms with Gasteiger partial charge in [0.25, 0.3) is 5.91 Å². The number of hydrogen-bond donors (Lipinski definition) is 2. The summed E-state index contributed by atoms with van der Waals surface area (Å²) in [6, 6.07) is 10.5. The molecule has 1 aliphatic heterocycles. The molecule has 1 saturated heterocycles. The molecule has 2 heterocycles. The zero-order valence-corrected chi connectivity index (χ0v) is 18.1. The van der Waals surface area contributed by atoms with E-state index in [2.05, 4.69) is 41.3 Å². The van der Waals surface area contributed by atoms with E-state index in [1.165, 1.54) is 0 Å². The lowest BCUT2D eigenvalue weighted by Gasteiger charge is -2.27. The van der Waals surface area contributed by atoms with Gasteiger partial charge in [-0.25, -0.2) is 4.98 Å². The number of aromatic nitrogens is 1. The zero-order valence-electron chi connectivity index (χ0n) is 18.1. The van der Waals surface area contributed by atoms with Gasteiger partial charge in [-0.1, -0.05) is 32.9 Å². The quantitative estimate of drug-likeness (QED) is 0.792. The number of rotatable bonds is 5. The van der Waals surface area contributed by atoms with Gasteiger partial charge in [0.15, 0.2) is 0 Å². The van der Waals surface area contributed by atoms with Crippen LogP contribution in [0.5, 0.6) is 0 Å². The molecule has 1 aromatic heterocycles. The van der Waals surface area contributed by atoms with E-state index in [0.717, 1.165) is 24.5 Å². The lowest BCUT2D eigenvalue weighted by atomic mass is 9.86. The van der Waals surface area contributed by atoms with Gasteiger partial charge in [0.2, 0.25) is 5.91 Å². The van der Waals surface area contributed by atoms with Crippen LogP contribution >= 0.6 is 0 Å². The minimum absolute atomic E-state index is 0.0214. The molecule has 0 bridgehead atoms. The van der Waals surface area contributed by atoms with Crippen LogP contribution in [0.15, 0.2) is 42.6 Å². The van der Waals surface area contributed by atoms with E-state index in [1.807, 2.05) is 24.3 Å². The Bertz CT molecular complexity index is 867. The molecule has 1 aliphatic rings. The number of hydrogen-bond acceptors (Lipinski definition) is 5. The summed E-state index contributed by atoms with van der Waals surface area (Å²) >= 11 is 0. The highest BCUT2D eigenvalue weighted by molar-refractivity contribution is 6.00. The maximum absolute atomic E-state index is 12.5. The Morgan fingerprint density at radius 1 is 1.07 bits per heavy atom. The predicted octanol–water partition coefficient (Wildman–Crippen LogP) is 2.97. The highest BCUT2D eigenvalue weighted by atomic mass is 16.5. The SMILES string of the molecule is CC(NC(=O)c1ccc(C(C)(C)C)cc1)C(=O)Nc1ccc(N2CCOCC2)nc1. The monoisotopic (exact) mass is 410 g/mol. The van der Waals surface area contributed by atoms with E-state index in [0.29, 0.717) is 24.5 Å². The van der Waals surface area contributed by atoms with Gasteiger partial charge in [-0.3, -0.25) is 9.59 Å². The van der Waals surface area contributed by atoms with E-state index >= 15 is 0 Å². The minimum atomic E-state index is -0.682. The van der Waals surface area contributed by atoms with Crippen molar-refractivity contribution in [1.82, 2.24) is 10.3 Å². The summed E-state index contributed by atoms with van der Waals surface area (Å²) in [6.45, 7) is 11.0. The third-order valence-electron chi connectivity index (χ3n) is 5.10. The van der Waals surface area contributed by atoms with Crippen LogP contribution in [-0.2, 0) is 14.9 Å². The smallest absolute Gasteiger partial charge is 0.251 e. The predicted molar refractivity (Wildman–Crippen MR) is 118 cm³/mol. The lowest BCUT2D eigenvalue weighted by Crippen LogP contribution is -2.41. The lowest BCUT2D eigenvalue weighted by molar-refractivity contribution is -0.117. The largest absolute Gasteiger partial charge is 0.378 e. The van der Waals surface area contributed by atoms with Crippen molar-refractivity contribution < 1.29 is 14.3 Å². The van der Waals surface area contributed by atoms with Gasteiger partial charge in [0.1, 0.15) is 11.9 Å². The number of anilines is 2. The Morgan fingerprint density at radius 2 is 1.73 bits per heavy atom. The molecule has 1 fully saturated rings. The molecule has 1 aromatic carbocycles. The summed E-state index contributed by atoms with van der Waals surface area (Å²) in [4.78, 5) is 31.5. The summed E-state index contributed by atoms with van der Waals surface area (Å²) in [5.74, 6) is 0.283. The molecule has 0 radical (unpaired) electrons. The van der Waals surface area contributed by atoms with Crippen molar-refractivity contribution in [3.8, 4) is 0 Å². The van der Waals surface area contributed by atoms with Crippen LogP contribution in [0, 0.1) is 0 Å². The summed E-state index contributed by atoms with van der Waals surface area (Å²) in [7, 11) is 0. The molecule has 2 aromatic rings. The molecule has 160 valence electrons.